The van der Waals surface area contributed by atoms with Crippen LogP contribution in [0.1, 0.15) is 52.4 Å². The summed E-state index contributed by atoms with van der Waals surface area (Å²) in [4.78, 5) is 11.7. The van der Waals surface area contributed by atoms with Gasteiger partial charge in [-0.2, -0.15) is 0 Å². The van der Waals surface area contributed by atoms with E-state index in [1.54, 1.807) is 6.92 Å². The van der Waals surface area contributed by atoms with Crippen molar-refractivity contribution >= 4 is 15.6 Å². The molecule has 1 rings (SSSR count). The minimum Gasteiger partial charge on any atom is -0.298 e. The zero-order chi connectivity index (χ0) is 12.2. The summed E-state index contributed by atoms with van der Waals surface area (Å²) in [5, 5.41) is -0.255. The molecule has 1 saturated carbocycles. The number of ketones is 1. The Morgan fingerprint density at radius 2 is 1.81 bits per heavy atom. The zero-order valence-electron chi connectivity index (χ0n) is 10.2. The van der Waals surface area contributed by atoms with Crippen LogP contribution in [0.2, 0.25) is 0 Å². The Morgan fingerprint density at radius 1 is 1.25 bits per heavy atom. The second kappa shape index (κ2) is 5.80. The van der Waals surface area contributed by atoms with Crippen LogP contribution in [0.3, 0.4) is 0 Å². The van der Waals surface area contributed by atoms with Crippen LogP contribution in [0.5, 0.6) is 0 Å². The highest BCUT2D eigenvalue weighted by atomic mass is 32.2. The SMILES string of the molecule is CCC(C)C(=O)CS(=O)(=O)C1CCCCC1. The number of Topliss-reactive ketones (excluding diaryl/α,β-unsaturated/α-hetero) is 1. The van der Waals surface area contributed by atoms with Crippen molar-refractivity contribution in [3.8, 4) is 0 Å². The predicted octanol–water partition coefficient (Wildman–Crippen LogP) is 2.35. The molecule has 0 amide bonds. The van der Waals surface area contributed by atoms with Crippen molar-refractivity contribution in [2.45, 2.75) is 57.6 Å². The number of carbonyl (C=O) groups is 1. The molecule has 0 bridgehead atoms. The van der Waals surface area contributed by atoms with Gasteiger partial charge in [0.15, 0.2) is 15.6 Å². The van der Waals surface area contributed by atoms with Crippen molar-refractivity contribution in [2.75, 3.05) is 5.75 Å². The first-order valence-electron chi connectivity index (χ1n) is 6.21. The van der Waals surface area contributed by atoms with Crippen LogP contribution in [-0.2, 0) is 14.6 Å². The maximum Gasteiger partial charge on any atom is 0.160 e. The van der Waals surface area contributed by atoms with E-state index >= 15 is 0 Å². The molecule has 0 aromatic rings. The van der Waals surface area contributed by atoms with Crippen molar-refractivity contribution in [1.29, 1.82) is 0 Å². The van der Waals surface area contributed by atoms with Gasteiger partial charge in [-0.25, -0.2) is 8.42 Å². The monoisotopic (exact) mass is 246 g/mol. The Balaban J connectivity index is 2.60. The Kier molecular flexibility index (Phi) is 4.96. The lowest BCUT2D eigenvalue weighted by Crippen LogP contribution is -2.31. The molecule has 1 fully saturated rings. The average molecular weight is 246 g/mol. The minimum atomic E-state index is -3.19. The fraction of sp³-hybridized carbons (Fsp3) is 0.917. The number of rotatable bonds is 5. The number of hydrogen-bond acceptors (Lipinski definition) is 3. The van der Waals surface area contributed by atoms with Gasteiger partial charge in [-0.15, -0.1) is 0 Å². The number of carbonyl (C=O) groups excluding carboxylic acids is 1. The van der Waals surface area contributed by atoms with Crippen molar-refractivity contribution in [3.63, 3.8) is 0 Å². The first-order chi connectivity index (χ1) is 7.47. The molecule has 3 nitrogen and oxygen atoms in total. The lowest BCUT2D eigenvalue weighted by atomic mass is 10.0. The fourth-order valence-electron chi connectivity index (χ4n) is 2.11. The van der Waals surface area contributed by atoms with E-state index in [4.69, 9.17) is 0 Å². The van der Waals surface area contributed by atoms with Crippen molar-refractivity contribution in [3.05, 3.63) is 0 Å². The molecule has 0 N–H and O–H groups in total. The molecule has 1 aliphatic carbocycles. The molecule has 0 aromatic heterocycles. The Labute approximate surface area is 98.5 Å². The molecule has 4 heteroatoms. The van der Waals surface area contributed by atoms with Gasteiger partial charge in [-0.3, -0.25) is 4.79 Å². The van der Waals surface area contributed by atoms with Gasteiger partial charge in [0.05, 0.1) is 5.25 Å². The summed E-state index contributed by atoms with van der Waals surface area (Å²) >= 11 is 0. The molecule has 94 valence electrons. The van der Waals surface area contributed by atoms with E-state index in [1.165, 1.54) is 0 Å². The van der Waals surface area contributed by atoms with Crippen molar-refractivity contribution < 1.29 is 13.2 Å². The number of sulfone groups is 1. The van der Waals surface area contributed by atoms with Gasteiger partial charge in [-0.1, -0.05) is 33.1 Å². The summed E-state index contributed by atoms with van der Waals surface area (Å²) in [6.45, 7) is 3.72. The van der Waals surface area contributed by atoms with Gasteiger partial charge >= 0.3 is 0 Å². The van der Waals surface area contributed by atoms with Crippen LogP contribution in [0.15, 0.2) is 0 Å². The summed E-state index contributed by atoms with van der Waals surface area (Å²) in [7, 11) is -3.19. The van der Waals surface area contributed by atoms with E-state index in [1.807, 2.05) is 6.92 Å². The van der Waals surface area contributed by atoms with Gasteiger partial charge in [0, 0.05) is 5.92 Å². The van der Waals surface area contributed by atoms with E-state index in [0.717, 1.165) is 38.5 Å². The van der Waals surface area contributed by atoms with Crippen molar-refractivity contribution in [1.82, 2.24) is 0 Å². The minimum absolute atomic E-state index is 0.118. The third kappa shape index (κ3) is 3.58. The van der Waals surface area contributed by atoms with Crippen LogP contribution in [0.25, 0.3) is 0 Å². The predicted molar refractivity (Wildman–Crippen MR) is 65.1 cm³/mol. The molecule has 0 heterocycles. The molecule has 16 heavy (non-hydrogen) atoms. The normalized spacial score (nSPS) is 20.6. The second-order valence-electron chi connectivity index (χ2n) is 4.84. The first-order valence-corrected chi connectivity index (χ1v) is 7.93. The quantitative estimate of drug-likeness (QED) is 0.748. The Bertz CT molecular complexity index is 326. The van der Waals surface area contributed by atoms with Gasteiger partial charge < -0.3 is 0 Å². The third-order valence-electron chi connectivity index (χ3n) is 3.57. The van der Waals surface area contributed by atoms with Crippen LogP contribution >= 0.6 is 0 Å². The van der Waals surface area contributed by atoms with Gasteiger partial charge in [0.1, 0.15) is 5.75 Å². The Morgan fingerprint density at radius 3 is 2.31 bits per heavy atom. The largest absolute Gasteiger partial charge is 0.298 e. The standard InChI is InChI=1S/C12H22O3S/c1-3-10(2)12(13)9-16(14,15)11-7-5-4-6-8-11/h10-11H,3-9H2,1-2H3. The summed E-state index contributed by atoms with van der Waals surface area (Å²) in [6, 6.07) is 0. The average Bonchev–Trinajstić information content (AvgIpc) is 2.28. The highest BCUT2D eigenvalue weighted by molar-refractivity contribution is 7.92. The van der Waals surface area contributed by atoms with Crippen LogP contribution in [0, 0.1) is 5.92 Å². The van der Waals surface area contributed by atoms with Crippen LogP contribution < -0.4 is 0 Å². The van der Waals surface area contributed by atoms with Gasteiger partial charge in [-0.05, 0) is 19.3 Å². The van der Waals surface area contributed by atoms with Crippen molar-refractivity contribution in [2.24, 2.45) is 5.92 Å². The lowest BCUT2D eigenvalue weighted by Gasteiger charge is -2.21. The maximum absolute atomic E-state index is 12.0. The van der Waals surface area contributed by atoms with Gasteiger partial charge in [0.2, 0.25) is 0 Å². The molecule has 0 radical (unpaired) electrons. The highest BCUT2D eigenvalue weighted by Gasteiger charge is 2.30. The molecule has 1 unspecified atom stereocenters. The summed E-state index contributed by atoms with van der Waals surface area (Å²) in [5.74, 6) is -0.487. The first kappa shape index (κ1) is 13.7. The fourth-order valence-corrected chi connectivity index (χ4v) is 4.08. The molecular formula is C12H22O3S. The zero-order valence-corrected chi connectivity index (χ0v) is 11.1. The Hall–Kier alpha value is -0.380. The molecule has 0 aliphatic heterocycles. The third-order valence-corrected chi connectivity index (χ3v) is 5.74. The van der Waals surface area contributed by atoms with Crippen LogP contribution in [-0.4, -0.2) is 25.2 Å². The molecule has 0 saturated heterocycles. The molecule has 0 aromatic carbocycles. The molecule has 1 atom stereocenters. The summed E-state index contributed by atoms with van der Waals surface area (Å²) in [5.41, 5.74) is 0. The lowest BCUT2D eigenvalue weighted by molar-refractivity contribution is -0.119. The van der Waals surface area contributed by atoms with E-state index in [2.05, 4.69) is 0 Å². The number of hydrogen-bond donors (Lipinski definition) is 0. The van der Waals surface area contributed by atoms with E-state index < -0.39 is 9.84 Å². The van der Waals surface area contributed by atoms with E-state index in [0.29, 0.717) is 0 Å². The topological polar surface area (TPSA) is 51.2 Å². The molecular weight excluding hydrogens is 224 g/mol. The van der Waals surface area contributed by atoms with E-state index in [9.17, 15) is 13.2 Å². The van der Waals surface area contributed by atoms with Gasteiger partial charge in [0.25, 0.3) is 0 Å². The molecule has 0 spiro atoms. The molecule has 1 aliphatic rings. The van der Waals surface area contributed by atoms with E-state index in [-0.39, 0.29) is 22.7 Å². The highest BCUT2D eigenvalue weighted by Crippen LogP contribution is 2.24. The summed E-state index contributed by atoms with van der Waals surface area (Å²) in [6.07, 6.45) is 5.32. The maximum atomic E-state index is 12.0. The van der Waals surface area contributed by atoms with Crippen LogP contribution in [0.4, 0.5) is 0 Å². The second-order valence-corrected chi connectivity index (χ2v) is 7.12. The smallest absolute Gasteiger partial charge is 0.160 e. The summed E-state index contributed by atoms with van der Waals surface area (Å²) < 4.78 is 24.0.